The zero-order valence-corrected chi connectivity index (χ0v) is 46.7. The number of likely N-dealkylation sites (tertiary alicyclic amines) is 2. The minimum Gasteiger partial charge on any atom is -0.391 e. The van der Waals surface area contributed by atoms with Crippen LogP contribution in [-0.4, -0.2) is 120 Å². The van der Waals surface area contributed by atoms with Gasteiger partial charge in [-0.15, -0.1) is 22.7 Å². The molecule has 3 aliphatic heterocycles. The van der Waals surface area contributed by atoms with Crippen LogP contribution < -0.4 is 5.32 Å². The number of fused-ring (bicyclic) bond motifs is 1. The van der Waals surface area contributed by atoms with Crippen molar-refractivity contribution in [3.63, 3.8) is 0 Å². The number of benzene rings is 3. The molecule has 8 rings (SSSR count). The van der Waals surface area contributed by atoms with E-state index >= 15 is 0 Å². The molecule has 0 aliphatic carbocycles. The summed E-state index contributed by atoms with van der Waals surface area (Å²) in [5.74, 6) is -1.24. The fraction of sp³-hybridized carbons (Fsp3) is 0.492. The van der Waals surface area contributed by atoms with E-state index in [1.54, 1.807) is 54.4 Å². The molecule has 0 saturated carbocycles. The zero-order chi connectivity index (χ0) is 54.5. The van der Waals surface area contributed by atoms with Crippen molar-refractivity contribution < 1.29 is 39.0 Å². The number of nitrogens with one attached hydrogen (secondary N) is 1. The van der Waals surface area contributed by atoms with Crippen LogP contribution in [0.4, 0.5) is 0 Å². The van der Waals surface area contributed by atoms with Gasteiger partial charge >= 0.3 is 0 Å². The van der Waals surface area contributed by atoms with Crippen molar-refractivity contribution in [2.24, 2.45) is 16.7 Å². The maximum Gasteiger partial charge on any atom is 0.255 e. The molecule has 0 radical (unpaired) electrons. The summed E-state index contributed by atoms with van der Waals surface area (Å²) in [5, 5.41) is 23.7. The standard InChI is InChI=1S/C31H35N3O4S.C28H39N3O4S/c1-4-25-29(39-18-32-25)21-12-9-20(10-13-21)11-14-27(36)26-15-23(35)17-33(26)31(38)28(19(2)3)34-16-22-7-5-6-8-24(22)30(34)37;1-17-23(36-16-29-17)19-11-8-18(9-12-19)10-13-22(33)21-14-20(32)15-31(21)25(34)24(27(2,3)4)30-26(35)28(5,6)7/h5-10,12-13,18-19,23,26,28,35H,4,11,14-17H2,1-3H3;8-9,11-12,16,20-21,24,32H,10,13-15H2,1-7H3,(H,30,35)/t23-,26+,28+;20-,21+,24-/m11/s1. The predicted octanol–water partition coefficient (Wildman–Crippen LogP) is 8.68. The summed E-state index contributed by atoms with van der Waals surface area (Å²) in [6, 6.07) is 20.9. The summed E-state index contributed by atoms with van der Waals surface area (Å²) in [6.07, 6.45) is 1.48. The summed E-state index contributed by atoms with van der Waals surface area (Å²) >= 11 is 3.23. The van der Waals surface area contributed by atoms with Gasteiger partial charge in [0.25, 0.3) is 5.91 Å². The van der Waals surface area contributed by atoms with Crippen molar-refractivity contribution >= 4 is 57.9 Å². The smallest absolute Gasteiger partial charge is 0.255 e. The molecule has 3 aliphatic rings. The number of aliphatic hydroxyl groups excluding tert-OH is 2. The van der Waals surface area contributed by atoms with Crippen LogP contribution in [0, 0.1) is 23.7 Å². The van der Waals surface area contributed by atoms with Gasteiger partial charge in [-0.05, 0) is 71.4 Å². The number of amides is 4. The van der Waals surface area contributed by atoms with Crippen LogP contribution in [0.15, 0.2) is 83.8 Å². The van der Waals surface area contributed by atoms with E-state index in [2.05, 4.69) is 34.3 Å². The highest BCUT2D eigenvalue weighted by Gasteiger charge is 2.47. The van der Waals surface area contributed by atoms with Crippen molar-refractivity contribution in [2.75, 3.05) is 13.1 Å². The van der Waals surface area contributed by atoms with E-state index in [9.17, 15) is 39.0 Å². The van der Waals surface area contributed by atoms with Crippen LogP contribution in [0.2, 0.25) is 0 Å². The minimum atomic E-state index is -0.799. The van der Waals surface area contributed by atoms with Crippen molar-refractivity contribution in [2.45, 2.75) is 157 Å². The molecule has 0 bridgehead atoms. The Labute approximate surface area is 450 Å². The average Bonchev–Trinajstić information content (AvgIpc) is 4.23. The number of aromatic nitrogens is 2. The highest BCUT2D eigenvalue weighted by molar-refractivity contribution is 7.13. The lowest BCUT2D eigenvalue weighted by Crippen LogP contribution is -2.58. The molecule has 4 amide bonds. The van der Waals surface area contributed by atoms with Crippen molar-refractivity contribution in [1.82, 2.24) is 30.0 Å². The van der Waals surface area contributed by atoms with Gasteiger partial charge in [-0.1, -0.05) is 129 Å². The lowest BCUT2D eigenvalue weighted by molar-refractivity contribution is -0.144. The van der Waals surface area contributed by atoms with Crippen molar-refractivity contribution in [3.8, 4) is 20.9 Å². The molecule has 5 aromatic rings. The molecule has 75 heavy (non-hydrogen) atoms. The molecule has 14 nitrogen and oxygen atoms in total. The first kappa shape index (κ1) is 56.8. The number of rotatable bonds is 16. The lowest BCUT2D eigenvalue weighted by atomic mass is 9.84. The van der Waals surface area contributed by atoms with E-state index in [1.807, 2.05) is 107 Å². The molecule has 6 atom stereocenters. The number of Topliss-reactive ketones (excluding diaryl/α,β-unsaturated/α-hetero) is 2. The Bertz CT molecular complexity index is 2840. The molecule has 16 heteroatoms. The van der Waals surface area contributed by atoms with Gasteiger partial charge in [0.15, 0.2) is 11.6 Å². The Kier molecular flexibility index (Phi) is 18.1. The number of carbonyl (C=O) groups excluding carboxylic acids is 6. The van der Waals surface area contributed by atoms with Crippen LogP contribution in [0.25, 0.3) is 20.9 Å². The number of aryl methyl sites for hydroxylation is 4. The van der Waals surface area contributed by atoms with E-state index in [4.69, 9.17) is 0 Å². The van der Waals surface area contributed by atoms with Crippen LogP contribution >= 0.6 is 22.7 Å². The second kappa shape index (κ2) is 23.9. The molecular weight excluding hydrogens is 985 g/mol. The molecule has 2 saturated heterocycles. The third-order valence-electron chi connectivity index (χ3n) is 14.5. The number of ketones is 2. The van der Waals surface area contributed by atoms with Gasteiger partial charge in [0.2, 0.25) is 17.7 Å². The minimum absolute atomic E-state index is 0.0572. The maximum absolute atomic E-state index is 13.9. The molecule has 5 heterocycles. The predicted molar refractivity (Wildman–Crippen MR) is 294 cm³/mol. The number of aliphatic hydroxyl groups is 2. The third-order valence-corrected chi connectivity index (χ3v) is 16.4. The van der Waals surface area contributed by atoms with Gasteiger partial charge < -0.3 is 30.2 Å². The Hall–Kier alpha value is -5.94. The van der Waals surface area contributed by atoms with Gasteiger partial charge in [-0.3, -0.25) is 28.8 Å². The summed E-state index contributed by atoms with van der Waals surface area (Å²) in [4.78, 5) is 95.6. The van der Waals surface area contributed by atoms with Crippen LogP contribution in [-0.2, 0) is 49.8 Å². The Morgan fingerprint density at radius 2 is 1.23 bits per heavy atom. The first-order valence-corrected chi connectivity index (χ1v) is 28.0. The Balaban J connectivity index is 0.000000220. The van der Waals surface area contributed by atoms with Gasteiger partial charge in [0, 0.05) is 56.3 Å². The first-order chi connectivity index (χ1) is 35.5. The van der Waals surface area contributed by atoms with E-state index in [-0.39, 0.29) is 79.9 Å². The maximum atomic E-state index is 13.9. The molecule has 2 fully saturated rings. The molecule has 0 spiro atoms. The summed E-state index contributed by atoms with van der Waals surface area (Å²) in [5.41, 5.74) is 10.4. The largest absolute Gasteiger partial charge is 0.391 e. The normalized spacial score (nSPS) is 19.4. The van der Waals surface area contributed by atoms with Crippen LogP contribution in [0.1, 0.15) is 126 Å². The monoisotopic (exact) mass is 1060 g/mol. The molecule has 3 aromatic carbocycles. The van der Waals surface area contributed by atoms with Crippen LogP contribution in [0.5, 0.6) is 0 Å². The topological polar surface area (TPSA) is 190 Å². The van der Waals surface area contributed by atoms with Gasteiger partial charge in [-0.2, -0.15) is 0 Å². The molecule has 0 unspecified atom stereocenters. The summed E-state index contributed by atoms with van der Waals surface area (Å²) in [6.45, 7) is 19.5. The first-order valence-electron chi connectivity index (χ1n) is 26.2. The summed E-state index contributed by atoms with van der Waals surface area (Å²) < 4.78 is 0. The van der Waals surface area contributed by atoms with E-state index < -0.39 is 47.2 Å². The fourth-order valence-corrected chi connectivity index (χ4v) is 11.9. The number of hydrogen-bond acceptors (Lipinski definition) is 12. The Morgan fingerprint density at radius 3 is 1.71 bits per heavy atom. The SMILES string of the molecule is CCc1ncsc1-c1ccc(CCC(=O)[C@@H]2C[C@@H](O)CN2C(=O)[C@H](C(C)C)N2Cc3ccccc3C2=O)cc1.Cc1ncsc1-c1ccc(CCC(=O)[C@@H]2C[C@@H](O)CN2C(=O)[C@@H](NC(=O)C(C)(C)C)C(C)(C)C)cc1. The van der Waals surface area contributed by atoms with Gasteiger partial charge in [0.05, 0.1) is 56.5 Å². The Morgan fingerprint density at radius 1 is 0.720 bits per heavy atom. The lowest BCUT2D eigenvalue weighted by Gasteiger charge is -2.36. The molecule has 2 aromatic heterocycles. The van der Waals surface area contributed by atoms with E-state index in [0.29, 0.717) is 24.9 Å². The number of nitrogens with zero attached hydrogens (tertiary/aromatic N) is 5. The van der Waals surface area contributed by atoms with E-state index in [0.717, 1.165) is 50.5 Å². The number of thiazole rings is 2. The number of hydrogen-bond donors (Lipinski definition) is 3. The highest BCUT2D eigenvalue weighted by atomic mass is 32.1. The zero-order valence-electron chi connectivity index (χ0n) is 45.1. The average molecular weight is 1060 g/mol. The molecule has 3 N–H and O–H groups in total. The van der Waals surface area contributed by atoms with Gasteiger partial charge in [-0.25, -0.2) is 9.97 Å². The quantitative estimate of drug-likeness (QED) is 0.0862. The third kappa shape index (κ3) is 13.4. The molecular formula is C59H74N6O8S2. The number of carbonyl (C=O) groups is 6. The second-order valence-corrected chi connectivity index (χ2v) is 24.4. The summed E-state index contributed by atoms with van der Waals surface area (Å²) in [7, 11) is 0. The van der Waals surface area contributed by atoms with Crippen molar-refractivity contribution in [1.29, 1.82) is 0 Å². The van der Waals surface area contributed by atoms with E-state index in [1.165, 1.54) is 14.7 Å². The fourth-order valence-electron chi connectivity index (χ4n) is 10.2. The van der Waals surface area contributed by atoms with Gasteiger partial charge in [0.1, 0.15) is 12.1 Å². The second-order valence-electron chi connectivity index (χ2n) is 22.7. The van der Waals surface area contributed by atoms with Crippen molar-refractivity contribution in [3.05, 3.63) is 117 Å². The van der Waals surface area contributed by atoms with Crippen LogP contribution in [0.3, 0.4) is 0 Å². The highest BCUT2D eigenvalue weighted by Crippen LogP contribution is 2.34. The number of β-amino-alcohol motifs (C(OH)–C–C–N with tert-alkyl or cyclic N) is 2. The molecule has 400 valence electrons.